The fraction of sp³-hybridized carbons (Fsp3) is 0.385. The van der Waals surface area contributed by atoms with Gasteiger partial charge in [-0.2, -0.15) is 5.10 Å². The number of hydrogen-bond acceptors (Lipinski definition) is 2. The fourth-order valence-electron chi connectivity index (χ4n) is 1.33. The molecule has 0 unspecified atom stereocenters. The van der Waals surface area contributed by atoms with Gasteiger partial charge < -0.3 is 0 Å². The van der Waals surface area contributed by atoms with Crippen LogP contribution in [0, 0.1) is 0 Å². The summed E-state index contributed by atoms with van der Waals surface area (Å²) in [7, 11) is 0. The van der Waals surface area contributed by atoms with Crippen molar-refractivity contribution < 1.29 is 4.79 Å². The first-order valence-corrected chi connectivity index (χ1v) is 6.10. The van der Waals surface area contributed by atoms with Crippen LogP contribution in [0.3, 0.4) is 0 Å². The summed E-state index contributed by atoms with van der Waals surface area (Å²) in [6.45, 7) is 4.03. The number of nitrogens with zero attached hydrogens (tertiary/aromatic N) is 1. The second-order valence-corrected chi connectivity index (χ2v) is 4.34. The predicted molar refractivity (Wildman–Crippen MR) is 71.6 cm³/mol. The first kappa shape index (κ1) is 13.7. The number of carbonyl (C=O) groups excluding carboxylic acids is 1. The quantitative estimate of drug-likeness (QED) is 0.631. The van der Waals surface area contributed by atoms with Crippen molar-refractivity contribution in [3.8, 4) is 0 Å². The van der Waals surface area contributed by atoms with Crippen LogP contribution in [0.1, 0.15) is 43.5 Å². The van der Waals surface area contributed by atoms with Gasteiger partial charge in [0.05, 0.1) is 0 Å². The SMILES string of the molecule is CCCCC(C)=NNC(=O)c1cccc(Cl)c1. The smallest absolute Gasteiger partial charge is 0.267 e. The summed E-state index contributed by atoms with van der Waals surface area (Å²) < 4.78 is 0. The molecule has 0 aliphatic heterocycles. The van der Waals surface area contributed by atoms with Crippen molar-refractivity contribution >= 4 is 23.2 Å². The van der Waals surface area contributed by atoms with Crippen molar-refractivity contribution in [2.24, 2.45) is 5.10 Å². The molecule has 0 radical (unpaired) electrons. The summed E-state index contributed by atoms with van der Waals surface area (Å²) in [5, 5.41) is 4.59. The summed E-state index contributed by atoms with van der Waals surface area (Å²) in [6.07, 6.45) is 3.11. The van der Waals surface area contributed by atoms with Gasteiger partial charge in [0.25, 0.3) is 5.91 Å². The first-order valence-electron chi connectivity index (χ1n) is 5.72. The molecule has 0 saturated carbocycles. The number of nitrogens with one attached hydrogen (secondary N) is 1. The molecular weight excluding hydrogens is 236 g/mol. The van der Waals surface area contributed by atoms with E-state index in [9.17, 15) is 4.79 Å². The maximum Gasteiger partial charge on any atom is 0.271 e. The van der Waals surface area contributed by atoms with Gasteiger partial charge >= 0.3 is 0 Å². The van der Waals surface area contributed by atoms with Crippen molar-refractivity contribution in [1.82, 2.24) is 5.43 Å². The molecule has 17 heavy (non-hydrogen) atoms. The summed E-state index contributed by atoms with van der Waals surface area (Å²) in [5.41, 5.74) is 3.98. The molecule has 0 fully saturated rings. The molecule has 92 valence electrons. The number of amides is 1. The molecule has 0 aliphatic rings. The number of halogens is 1. The van der Waals surface area contributed by atoms with Crippen molar-refractivity contribution in [2.45, 2.75) is 33.1 Å². The Kier molecular flexibility index (Phi) is 5.70. The highest BCUT2D eigenvalue weighted by atomic mass is 35.5. The lowest BCUT2D eigenvalue weighted by molar-refractivity contribution is 0.0954. The maximum absolute atomic E-state index is 11.7. The Balaban J connectivity index is 2.55. The topological polar surface area (TPSA) is 41.5 Å². The molecule has 3 nitrogen and oxygen atoms in total. The van der Waals surface area contributed by atoms with Crippen LogP contribution in [-0.2, 0) is 0 Å². The number of benzene rings is 1. The lowest BCUT2D eigenvalue weighted by Gasteiger charge is -2.02. The van der Waals surface area contributed by atoms with Crippen LogP contribution in [0.25, 0.3) is 0 Å². The number of hydrazone groups is 1. The standard InChI is InChI=1S/C13H17ClN2O/c1-3-4-6-10(2)15-16-13(17)11-7-5-8-12(14)9-11/h5,7-9H,3-4,6H2,1-2H3,(H,16,17). The predicted octanol–water partition coefficient (Wildman–Crippen LogP) is 3.64. The monoisotopic (exact) mass is 252 g/mol. The van der Waals surface area contributed by atoms with E-state index in [2.05, 4.69) is 17.5 Å². The number of carbonyl (C=O) groups is 1. The van der Waals surface area contributed by atoms with Gasteiger partial charge in [0.15, 0.2) is 0 Å². The lowest BCUT2D eigenvalue weighted by Crippen LogP contribution is -2.18. The van der Waals surface area contributed by atoms with Crippen molar-refractivity contribution in [3.63, 3.8) is 0 Å². The maximum atomic E-state index is 11.7. The molecule has 1 aromatic carbocycles. The van der Waals surface area contributed by atoms with E-state index in [-0.39, 0.29) is 5.91 Å². The average Bonchev–Trinajstić information content (AvgIpc) is 2.33. The van der Waals surface area contributed by atoms with Gasteiger partial charge in [-0.3, -0.25) is 4.79 Å². The summed E-state index contributed by atoms with van der Waals surface area (Å²) in [6, 6.07) is 6.80. The van der Waals surface area contributed by atoms with E-state index < -0.39 is 0 Å². The Bertz CT molecular complexity index is 416. The van der Waals surface area contributed by atoms with Gasteiger partial charge in [0.2, 0.25) is 0 Å². The zero-order valence-electron chi connectivity index (χ0n) is 10.2. The van der Waals surface area contributed by atoms with Crippen molar-refractivity contribution in [1.29, 1.82) is 0 Å². The van der Waals surface area contributed by atoms with E-state index in [1.54, 1.807) is 24.3 Å². The van der Waals surface area contributed by atoms with E-state index in [0.717, 1.165) is 25.0 Å². The Hall–Kier alpha value is -1.35. The Labute approximate surface area is 107 Å². The van der Waals surface area contributed by atoms with Gasteiger partial charge in [0.1, 0.15) is 0 Å². The van der Waals surface area contributed by atoms with Crippen LogP contribution >= 0.6 is 11.6 Å². The molecule has 0 aromatic heterocycles. The van der Waals surface area contributed by atoms with Crippen LogP contribution < -0.4 is 5.43 Å². The second kappa shape index (κ2) is 7.07. The van der Waals surface area contributed by atoms with E-state index in [1.165, 1.54) is 0 Å². The highest BCUT2D eigenvalue weighted by Gasteiger charge is 2.04. The molecule has 0 atom stereocenters. The van der Waals surface area contributed by atoms with Crippen LogP contribution in [0.4, 0.5) is 0 Å². The third kappa shape index (κ3) is 5.00. The summed E-state index contributed by atoms with van der Waals surface area (Å²) in [4.78, 5) is 11.7. The molecule has 0 heterocycles. The van der Waals surface area contributed by atoms with Gasteiger partial charge in [-0.15, -0.1) is 0 Å². The molecule has 1 N–H and O–H groups in total. The lowest BCUT2D eigenvalue weighted by atomic mass is 10.2. The number of rotatable bonds is 5. The zero-order chi connectivity index (χ0) is 12.7. The van der Waals surface area contributed by atoms with E-state index in [4.69, 9.17) is 11.6 Å². The minimum Gasteiger partial charge on any atom is -0.267 e. The molecule has 1 amide bonds. The summed E-state index contributed by atoms with van der Waals surface area (Å²) >= 11 is 5.80. The third-order valence-corrected chi connectivity index (χ3v) is 2.56. The van der Waals surface area contributed by atoms with Gasteiger partial charge in [-0.05, 0) is 38.0 Å². The minimum absolute atomic E-state index is 0.233. The highest BCUT2D eigenvalue weighted by molar-refractivity contribution is 6.30. The van der Waals surface area contributed by atoms with E-state index >= 15 is 0 Å². The van der Waals surface area contributed by atoms with Crippen molar-refractivity contribution in [3.05, 3.63) is 34.9 Å². The molecule has 1 aromatic rings. The minimum atomic E-state index is -0.233. The Morgan fingerprint density at radius 1 is 1.47 bits per heavy atom. The first-order chi connectivity index (χ1) is 8.13. The molecule has 1 rings (SSSR count). The van der Waals surface area contributed by atoms with Gasteiger partial charge in [-0.25, -0.2) is 5.43 Å². The number of hydrogen-bond donors (Lipinski definition) is 1. The molecule has 4 heteroatoms. The normalized spacial score (nSPS) is 11.4. The molecule has 0 saturated heterocycles. The Morgan fingerprint density at radius 3 is 2.88 bits per heavy atom. The molecule has 0 spiro atoms. The van der Waals surface area contributed by atoms with Gasteiger partial charge in [-0.1, -0.05) is 31.0 Å². The van der Waals surface area contributed by atoms with Crippen LogP contribution in [0.15, 0.2) is 29.4 Å². The van der Waals surface area contributed by atoms with E-state index in [1.807, 2.05) is 6.92 Å². The van der Waals surface area contributed by atoms with Crippen LogP contribution in [0.5, 0.6) is 0 Å². The highest BCUT2D eigenvalue weighted by Crippen LogP contribution is 2.10. The molecule has 0 aliphatic carbocycles. The third-order valence-electron chi connectivity index (χ3n) is 2.33. The van der Waals surface area contributed by atoms with Gasteiger partial charge in [0, 0.05) is 16.3 Å². The van der Waals surface area contributed by atoms with Crippen LogP contribution in [-0.4, -0.2) is 11.6 Å². The van der Waals surface area contributed by atoms with Crippen LogP contribution in [0.2, 0.25) is 5.02 Å². The fourth-order valence-corrected chi connectivity index (χ4v) is 1.52. The Morgan fingerprint density at radius 2 is 2.24 bits per heavy atom. The van der Waals surface area contributed by atoms with E-state index in [0.29, 0.717) is 10.6 Å². The number of unbranched alkanes of at least 4 members (excludes halogenated alkanes) is 1. The molecule has 0 bridgehead atoms. The largest absolute Gasteiger partial charge is 0.271 e. The average molecular weight is 253 g/mol. The second-order valence-electron chi connectivity index (χ2n) is 3.90. The molecular formula is C13H17ClN2O. The van der Waals surface area contributed by atoms with Crippen molar-refractivity contribution in [2.75, 3.05) is 0 Å². The summed E-state index contributed by atoms with van der Waals surface area (Å²) in [5.74, 6) is -0.233. The zero-order valence-corrected chi connectivity index (χ0v) is 10.9.